The molecule has 0 saturated heterocycles. The highest BCUT2D eigenvalue weighted by Crippen LogP contribution is 2.30. The number of para-hydroxylation sites is 1. The third kappa shape index (κ3) is 2.74. The Morgan fingerprint density at radius 3 is 2.86 bits per heavy atom. The van der Waals surface area contributed by atoms with Crippen molar-refractivity contribution in [1.82, 2.24) is 9.78 Å². The fourth-order valence-electron chi connectivity index (χ4n) is 2.32. The number of anilines is 1. The average Bonchev–Trinajstić information content (AvgIpc) is 2.86. The first-order valence-electron chi connectivity index (χ1n) is 6.81. The summed E-state index contributed by atoms with van der Waals surface area (Å²) in [7, 11) is 0. The van der Waals surface area contributed by atoms with Gasteiger partial charge in [0.25, 0.3) is 0 Å². The predicted molar refractivity (Wildman–Crippen MR) is 85.8 cm³/mol. The Hall–Kier alpha value is -2.01. The molecule has 0 spiro atoms. The fraction of sp³-hybridized carbons (Fsp3) is 0.188. The first-order valence-corrected chi connectivity index (χ1v) is 7.80. The number of hydrogen-bond donors (Lipinski definition) is 1. The Bertz CT molecular complexity index is 782. The molecule has 0 unspecified atom stereocenters. The van der Waals surface area contributed by atoms with Crippen LogP contribution in [0, 0.1) is 5.82 Å². The van der Waals surface area contributed by atoms with Gasteiger partial charge in [0.15, 0.2) is 0 Å². The highest BCUT2D eigenvalue weighted by molar-refractivity contribution is 7.98. The minimum absolute atomic E-state index is 0.268. The van der Waals surface area contributed by atoms with Crippen molar-refractivity contribution in [3.63, 3.8) is 0 Å². The van der Waals surface area contributed by atoms with E-state index in [-0.39, 0.29) is 5.82 Å². The van der Waals surface area contributed by atoms with Crippen molar-refractivity contribution in [2.75, 3.05) is 5.73 Å². The molecule has 1 aromatic heterocycles. The molecule has 0 radical (unpaired) electrons. The number of rotatable bonds is 4. The maximum atomic E-state index is 13.3. The second kappa shape index (κ2) is 5.77. The van der Waals surface area contributed by atoms with Crippen LogP contribution in [0.1, 0.15) is 12.6 Å². The Labute approximate surface area is 127 Å². The van der Waals surface area contributed by atoms with E-state index < -0.39 is 0 Å². The van der Waals surface area contributed by atoms with Gasteiger partial charge in [0.2, 0.25) is 0 Å². The number of halogens is 1. The zero-order valence-electron chi connectivity index (χ0n) is 11.7. The third-order valence-corrected chi connectivity index (χ3v) is 4.46. The van der Waals surface area contributed by atoms with Crippen LogP contribution >= 0.6 is 11.8 Å². The summed E-state index contributed by atoms with van der Waals surface area (Å²) in [5.41, 5.74) is 8.61. The number of nitrogen functional groups attached to an aromatic ring is 1. The highest BCUT2D eigenvalue weighted by atomic mass is 32.2. The van der Waals surface area contributed by atoms with Crippen molar-refractivity contribution >= 4 is 28.4 Å². The second-order valence-corrected chi connectivity index (χ2v) is 5.77. The van der Waals surface area contributed by atoms with Gasteiger partial charge < -0.3 is 5.73 Å². The average molecular weight is 301 g/mol. The number of hydrogen-bond acceptors (Lipinski definition) is 3. The number of nitrogens with zero attached hydrogens (tertiary/aromatic N) is 2. The lowest BCUT2D eigenvalue weighted by Crippen LogP contribution is -1.96. The van der Waals surface area contributed by atoms with Gasteiger partial charge in [-0.15, -0.1) is 11.8 Å². The normalized spacial score (nSPS) is 11.1. The number of benzene rings is 2. The van der Waals surface area contributed by atoms with E-state index in [2.05, 4.69) is 24.2 Å². The van der Waals surface area contributed by atoms with Crippen molar-refractivity contribution in [2.24, 2.45) is 0 Å². The van der Waals surface area contributed by atoms with Gasteiger partial charge in [-0.25, -0.2) is 4.39 Å². The molecule has 0 aliphatic rings. The number of aryl methyl sites for hydroxylation is 1. The van der Waals surface area contributed by atoms with E-state index in [1.54, 1.807) is 6.07 Å². The maximum absolute atomic E-state index is 13.3. The van der Waals surface area contributed by atoms with Crippen LogP contribution < -0.4 is 5.73 Å². The number of nitrogens with two attached hydrogens (primary N) is 1. The van der Waals surface area contributed by atoms with Crippen LogP contribution in [-0.2, 0) is 12.3 Å². The molecule has 3 aromatic rings. The summed E-state index contributed by atoms with van der Waals surface area (Å²) in [4.78, 5) is 0.755. The molecule has 0 fully saturated rings. The van der Waals surface area contributed by atoms with Crippen molar-refractivity contribution in [3.8, 4) is 0 Å². The van der Waals surface area contributed by atoms with Crippen LogP contribution in [0.4, 0.5) is 10.1 Å². The third-order valence-electron chi connectivity index (χ3n) is 3.37. The van der Waals surface area contributed by atoms with E-state index in [0.717, 1.165) is 28.0 Å². The van der Waals surface area contributed by atoms with E-state index in [4.69, 9.17) is 5.73 Å². The van der Waals surface area contributed by atoms with Crippen LogP contribution in [0.3, 0.4) is 0 Å². The predicted octanol–water partition coefficient (Wildman–Crippen LogP) is 4.07. The first kappa shape index (κ1) is 13.9. The molecule has 1 heterocycles. The standard InChI is InChI=1S/C16H16FN3S/c1-2-20-15-6-4-3-5-12(15)14(19-20)10-21-16-9-11(17)7-8-13(16)18/h3-9H,2,10,18H2,1H3. The topological polar surface area (TPSA) is 43.8 Å². The summed E-state index contributed by atoms with van der Waals surface area (Å²) in [6.07, 6.45) is 0. The van der Waals surface area contributed by atoms with Gasteiger partial charge in [0.1, 0.15) is 5.82 Å². The zero-order chi connectivity index (χ0) is 14.8. The molecule has 0 atom stereocenters. The number of aromatic nitrogens is 2. The van der Waals surface area contributed by atoms with Crippen LogP contribution in [0.5, 0.6) is 0 Å². The summed E-state index contributed by atoms with van der Waals surface area (Å²) in [6, 6.07) is 12.6. The van der Waals surface area contributed by atoms with Crippen molar-refractivity contribution < 1.29 is 4.39 Å². The van der Waals surface area contributed by atoms with Crippen molar-refractivity contribution in [1.29, 1.82) is 0 Å². The summed E-state index contributed by atoms with van der Waals surface area (Å²) in [6.45, 7) is 2.90. The minimum Gasteiger partial charge on any atom is -0.398 e. The molecular formula is C16H16FN3S. The van der Waals surface area contributed by atoms with Crippen molar-refractivity contribution in [3.05, 3.63) is 54.0 Å². The fourth-order valence-corrected chi connectivity index (χ4v) is 3.26. The summed E-state index contributed by atoms with van der Waals surface area (Å²) >= 11 is 1.51. The Balaban J connectivity index is 1.90. The number of fused-ring (bicyclic) bond motifs is 1. The molecule has 2 aromatic carbocycles. The van der Waals surface area contributed by atoms with Gasteiger partial charge in [0, 0.05) is 28.3 Å². The SMILES string of the molecule is CCn1nc(CSc2cc(F)ccc2N)c2ccccc21. The summed E-state index contributed by atoms with van der Waals surface area (Å²) in [5, 5.41) is 5.78. The largest absolute Gasteiger partial charge is 0.398 e. The molecule has 108 valence electrons. The van der Waals surface area contributed by atoms with E-state index in [1.165, 1.54) is 23.9 Å². The van der Waals surface area contributed by atoms with Gasteiger partial charge in [-0.05, 0) is 31.2 Å². The molecule has 5 heteroatoms. The Kier molecular flexibility index (Phi) is 3.84. The van der Waals surface area contributed by atoms with E-state index in [1.807, 2.05) is 16.8 Å². The molecule has 0 aliphatic carbocycles. The second-order valence-electron chi connectivity index (χ2n) is 4.75. The number of thioether (sulfide) groups is 1. The molecule has 0 amide bonds. The van der Waals surface area contributed by atoms with E-state index in [9.17, 15) is 4.39 Å². The minimum atomic E-state index is -0.268. The Morgan fingerprint density at radius 1 is 1.24 bits per heavy atom. The van der Waals surface area contributed by atoms with Crippen LogP contribution in [0.2, 0.25) is 0 Å². The molecule has 3 rings (SSSR count). The van der Waals surface area contributed by atoms with Gasteiger partial charge in [-0.2, -0.15) is 5.10 Å². The molecule has 3 nitrogen and oxygen atoms in total. The Morgan fingerprint density at radius 2 is 2.05 bits per heavy atom. The molecule has 0 saturated carbocycles. The van der Waals surface area contributed by atoms with E-state index in [0.29, 0.717) is 11.4 Å². The van der Waals surface area contributed by atoms with Gasteiger partial charge in [-0.1, -0.05) is 18.2 Å². The maximum Gasteiger partial charge on any atom is 0.124 e. The highest BCUT2D eigenvalue weighted by Gasteiger charge is 2.10. The van der Waals surface area contributed by atoms with Crippen LogP contribution in [0.25, 0.3) is 10.9 Å². The summed E-state index contributed by atoms with van der Waals surface area (Å²) < 4.78 is 15.3. The lowest BCUT2D eigenvalue weighted by Gasteiger charge is -2.04. The van der Waals surface area contributed by atoms with Crippen LogP contribution in [0.15, 0.2) is 47.4 Å². The molecule has 0 aliphatic heterocycles. The monoisotopic (exact) mass is 301 g/mol. The van der Waals surface area contributed by atoms with E-state index >= 15 is 0 Å². The van der Waals surface area contributed by atoms with Crippen molar-refractivity contribution in [2.45, 2.75) is 24.1 Å². The molecule has 21 heavy (non-hydrogen) atoms. The first-order chi connectivity index (χ1) is 10.2. The molecular weight excluding hydrogens is 285 g/mol. The lowest BCUT2D eigenvalue weighted by molar-refractivity contribution is 0.624. The van der Waals surface area contributed by atoms with Gasteiger partial charge in [-0.3, -0.25) is 4.68 Å². The zero-order valence-corrected chi connectivity index (χ0v) is 12.5. The quantitative estimate of drug-likeness (QED) is 0.583. The lowest BCUT2D eigenvalue weighted by atomic mass is 10.2. The molecule has 2 N–H and O–H groups in total. The molecule has 0 bridgehead atoms. The van der Waals surface area contributed by atoms with Gasteiger partial charge >= 0.3 is 0 Å². The smallest absolute Gasteiger partial charge is 0.124 e. The van der Waals surface area contributed by atoms with Gasteiger partial charge in [0.05, 0.1) is 11.2 Å². The van der Waals surface area contributed by atoms with Crippen LogP contribution in [-0.4, -0.2) is 9.78 Å². The summed E-state index contributed by atoms with van der Waals surface area (Å²) in [5.74, 6) is 0.400.